The number of nitrogens with one attached hydrogen (secondary N) is 1. The quantitative estimate of drug-likeness (QED) is 0.803. The van der Waals surface area contributed by atoms with E-state index in [9.17, 15) is 0 Å². The zero-order valence-corrected chi connectivity index (χ0v) is 13.5. The molecule has 0 bridgehead atoms. The molecule has 4 heteroatoms. The summed E-state index contributed by atoms with van der Waals surface area (Å²) in [4.78, 5) is 2.51. The summed E-state index contributed by atoms with van der Waals surface area (Å²) < 4.78 is 5.75. The summed E-state index contributed by atoms with van der Waals surface area (Å²) in [5.41, 5.74) is 0. The normalized spacial score (nSPS) is 21.8. The lowest BCUT2D eigenvalue weighted by atomic mass is 10.2. The van der Waals surface area contributed by atoms with Gasteiger partial charge in [-0.3, -0.25) is 4.90 Å². The predicted molar refractivity (Wildman–Crippen MR) is 81.5 cm³/mol. The Balaban J connectivity index is 2.14. The summed E-state index contributed by atoms with van der Waals surface area (Å²) in [5, 5.41) is 3.65. The van der Waals surface area contributed by atoms with Crippen LogP contribution in [0.5, 0.6) is 0 Å². The van der Waals surface area contributed by atoms with Crippen molar-refractivity contribution in [1.29, 1.82) is 0 Å². The van der Waals surface area contributed by atoms with Crippen molar-refractivity contribution in [2.75, 3.05) is 38.6 Å². The number of thioether (sulfide) groups is 1. The highest BCUT2D eigenvalue weighted by atomic mass is 32.2. The molecule has 2 atom stereocenters. The molecule has 18 heavy (non-hydrogen) atoms. The van der Waals surface area contributed by atoms with Crippen molar-refractivity contribution in [2.45, 2.75) is 51.4 Å². The summed E-state index contributed by atoms with van der Waals surface area (Å²) in [5.74, 6) is 1.18. The maximum absolute atomic E-state index is 5.39. The summed E-state index contributed by atoms with van der Waals surface area (Å²) in [6.45, 7) is 16.4. The number of ether oxygens (including phenoxy) is 1. The Morgan fingerprint density at radius 1 is 1.22 bits per heavy atom. The zero-order valence-electron chi connectivity index (χ0n) is 12.7. The highest BCUT2D eigenvalue weighted by Gasteiger charge is 2.18. The molecule has 108 valence electrons. The summed E-state index contributed by atoms with van der Waals surface area (Å²) in [7, 11) is 0. The number of rotatable bonds is 6. The average Bonchev–Trinajstić information content (AvgIpc) is 2.33. The van der Waals surface area contributed by atoms with Crippen molar-refractivity contribution >= 4 is 11.8 Å². The van der Waals surface area contributed by atoms with Gasteiger partial charge in [-0.1, -0.05) is 20.8 Å². The molecule has 0 aromatic heterocycles. The van der Waals surface area contributed by atoms with Crippen LogP contribution in [0.3, 0.4) is 0 Å². The van der Waals surface area contributed by atoms with Crippen LogP contribution in [0.2, 0.25) is 0 Å². The Bertz CT molecular complexity index is 224. The molecule has 0 unspecified atom stereocenters. The second-order valence-corrected chi connectivity index (χ2v) is 8.08. The van der Waals surface area contributed by atoms with Crippen molar-refractivity contribution in [3.63, 3.8) is 0 Å². The van der Waals surface area contributed by atoms with Crippen LogP contribution in [0.25, 0.3) is 0 Å². The van der Waals surface area contributed by atoms with E-state index in [0.29, 0.717) is 16.8 Å². The molecular formula is C14H30N2OS. The van der Waals surface area contributed by atoms with Gasteiger partial charge >= 0.3 is 0 Å². The van der Waals surface area contributed by atoms with Gasteiger partial charge in [-0.05, 0) is 13.8 Å². The third kappa shape index (κ3) is 6.98. The first-order valence-corrected chi connectivity index (χ1v) is 8.06. The first-order valence-electron chi connectivity index (χ1n) is 7.07. The fourth-order valence-corrected chi connectivity index (χ4v) is 2.82. The molecule has 0 aromatic rings. The molecule has 0 radical (unpaired) electrons. The summed E-state index contributed by atoms with van der Waals surface area (Å²) >= 11 is 2.03. The fraction of sp³-hybridized carbons (Fsp3) is 1.00. The minimum Gasteiger partial charge on any atom is -0.379 e. The van der Waals surface area contributed by atoms with Crippen LogP contribution in [-0.4, -0.2) is 60.3 Å². The maximum Gasteiger partial charge on any atom is 0.0594 e. The third-order valence-corrected chi connectivity index (χ3v) is 4.73. The minimum absolute atomic E-state index is 0.367. The Morgan fingerprint density at radius 3 is 2.39 bits per heavy atom. The lowest BCUT2D eigenvalue weighted by Gasteiger charge is -2.33. The maximum atomic E-state index is 5.39. The third-order valence-electron chi connectivity index (χ3n) is 3.20. The molecule has 1 heterocycles. The van der Waals surface area contributed by atoms with Crippen LogP contribution in [0.1, 0.15) is 34.6 Å². The van der Waals surface area contributed by atoms with Crippen LogP contribution in [-0.2, 0) is 4.74 Å². The number of nitrogens with zero attached hydrogens (tertiary/aromatic N) is 1. The number of hydrogen-bond donors (Lipinski definition) is 1. The van der Waals surface area contributed by atoms with Crippen molar-refractivity contribution < 1.29 is 4.74 Å². The fourth-order valence-electron chi connectivity index (χ4n) is 1.95. The Hall–Kier alpha value is 0.230. The van der Waals surface area contributed by atoms with Gasteiger partial charge in [-0.15, -0.1) is 0 Å². The number of morpholine rings is 1. The van der Waals surface area contributed by atoms with E-state index in [0.717, 1.165) is 32.8 Å². The van der Waals surface area contributed by atoms with Crippen molar-refractivity contribution in [3.05, 3.63) is 0 Å². The highest BCUT2D eigenvalue weighted by molar-refractivity contribution is 8.00. The molecule has 1 fully saturated rings. The predicted octanol–water partition coefficient (Wildman–Crippen LogP) is 2.22. The summed E-state index contributed by atoms with van der Waals surface area (Å²) in [6, 6.07) is 1.19. The van der Waals surface area contributed by atoms with Crippen LogP contribution < -0.4 is 5.32 Å². The van der Waals surface area contributed by atoms with Crippen LogP contribution >= 0.6 is 11.8 Å². The van der Waals surface area contributed by atoms with Gasteiger partial charge in [0.15, 0.2) is 0 Å². The Labute approximate surface area is 117 Å². The lowest BCUT2D eigenvalue weighted by molar-refractivity contribution is 0.0201. The molecule has 1 aliphatic rings. The summed E-state index contributed by atoms with van der Waals surface area (Å²) in [6.07, 6.45) is 0. The van der Waals surface area contributed by atoms with Gasteiger partial charge in [0.2, 0.25) is 0 Å². The topological polar surface area (TPSA) is 24.5 Å². The first-order chi connectivity index (χ1) is 8.38. The molecule has 1 aliphatic heterocycles. The van der Waals surface area contributed by atoms with Gasteiger partial charge in [-0.25, -0.2) is 0 Å². The second kappa shape index (κ2) is 7.73. The number of hydrogen-bond acceptors (Lipinski definition) is 4. The molecule has 0 spiro atoms. The van der Waals surface area contributed by atoms with Gasteiger partial charge in [0.1, 0.15) is 0 Å². The van der Waals surface area contributed by atoms with Gasteiger partial charge < -0.3 is 10.1 Å². The van der Waals surface area contributed by atoms with Crippen LogP contribution in [0.15, 0.2) is 0 Å². The zero-order chi connectivity index (χ0) is 13.6. The van der Waals surface area contributed by atoms with Crippen LogP contribution in [0.4, 0.5) is 0 Å². The van der Waals surface area contributed by atoms with E-state index in [1.165, 1.54) is 5.75 Å². The first kappa shape index (κ1) is 16.3. The standard InChI is InChI=1S/C14H30N2OS/c1-12(11-18-14(3,4)5)15-10-13(2)16-6-8-17-9-7-16/h12-13,15H,6-11H2,1-5H3/t12-,13-/m1/s1. The monoisotopic (exact) mass is 274 g/mol. The van der Waals surface area contributed by atoms with E-state index in [2.05, 4.69) is 44.8 Å². The van der Waals surface area contributed by atoms with Gasteiger partial charge in [0.05, 0.1) is 13.2 Å². The average molecular weight is 274 g/mol. The van der Waals surface area contributed by atoms with Crippen molar-refractivity contribution in [3.8, 4) is 0 Å². The smallest absolute Gasteiger partial charge is 0.0594 e. The van der Waals surface area contributed by atoms with Gasteiger partial charge in [0, 0.05) is 42.2 Å². The molecule has 0 saturated carbocycles. The van der Waals surface area contributed by atoms with E-state index in [4.69, 9.17) is 4.74 Å². The van der Waals surface area contributed by atoms with E-state index in [1.807, 2.05) is 11.8 Å². The molecule has 0 amide bonds. The van der Waals surface area contributed by atoms with E-state index >= 15 is 0 Å². The second-order valence-electron chi connectivity index (χ2n) is 6.23. The Morgan fingerprint density at radius 2 is 1.83 bits per heavy atom. The molecule has 1 saturated heterocycles. The Kier molecular flexibility index (Phi) is 6.99. The van der Waals surface area contributed by atoms with E-state index in [-0.39, 0.29) is 0 Å². The largest absolute Gasteiger partial charge is 0.379 e. The van der Waals surface area contributed by atoms with Gasteiger partial charge in [0.25, 0.3) is 0 Å². The molecule has 1 N–H and O–H groups in total. The van der Waals surface area contributed by atoms with E-state index in [1.54, 1.807) is 0 Å². The highest BCUT2D eigenvalue weighted by Crippen LogP contribution is 2.23. The molecular weight excluding hydrogens is 244 g/mol. The van der Waals surface area contributed by atoms with Crippen molar-refractivity contribution in [1.82, 2.24) is 10.2 Å². The SMILES string of the molecule is C[C@H](CSC(C)(C)C)NC[C@@H](C)N1CCOCC1. The molecule has 0 aromatic carbocycles. The minimum atomic E-state index is 0.367. The molecule has 1 rings (SSSR count). The lowest BCUT2D eigenvalue weighted by Crippen LogP contribution is -2.48. The molecule has 3 nitrogen and oxygen atoms in total. The van der Waals surface area contributed by atoms with E-state index < -0.39 is 0 Å². The van der Waals surface area contributed by atoms with Crippen molar-refractivity contribution in [2.24, 2.45) is 0 Å². The molecule has 0 aliphatic carbocycles. The van der Waals surface area contributed by atoms with Crippen LogP contribution in [0, 0.1) is 0 Å². The van der Waals surface area contributed by atoms with Gasteiger partial charge in [-0.2, -0.15) is 11.8 Å².